The molecule has 3 fully saturated rings. The summed E-state index contributed by atoms with van der Waals surface area (Å²) in [5.41, 5.74) is 2.20. The number of halogens is 3. The maximum absolute atomic E-state index is 15.9. The number of hydrogen-bond acceptors (Lipinski definition) is 21. The molecule has 2 saturated carbocycles. The highest BCUT2D eigenvalue weighted by atomic mass is 32.2. The first-order chi connectivity index (χ1) is 56.2. The van der Waals surface area contributed by atoms with Crippen LogP contribution in [-0.4, -0.2) is 145 Å². The van der Waals surface area contributed by atoms with Crippen molar-refractivity contribution in [1.82, 2.24) is 25.0 Å². The molecule has 3 heterocycles. The molecule has 19 nitrogen and oxygen atoms in total. The molecule has 2 aromatic heterocycles. The number of ketones is 4. The number of ether oxygens (including phenoxy) is 5. The molecule has 0 bridgehead atoms. The van der Waals surface area contributed by atoms with Crippen molar-refractivity contribution in [2.24, 2.45) is 23.7 Å². The van der Waals surface area contributed by atoms with E-state index in [9.17, 15) is 24.9 Å². The predicted molar refractivity (Wildman–Crippen MR) is 455 cm³/mol. The molecule has 119 heavy (non-hydrogen) atoms. The highest BCUT2D eigenvalue weighted by Crippen LogP contribution is 2.69. The van der Waals surface area contributed by atoms with Gasteiger partial charge in [0.1, 0.15) is 59.9 Å². The van der Waals surface area contributed by atoms with E-state index in [0.29, 0.717) is 35.9 Å². The van der Waals surface area contributed by atoms with E-state index in [1.165, 1.54) is 56.0 Å². The number of aromatic nitrogens is 2. The summed E-state index contributed by atoms with van der Waals surface area (Å²) in [6, 6.07) is 68.4. The molecule has 3 N–H and O–H groups in total. The molecule has 14 atom stereocenters. The Morgan fingerprint density at radius 1 is 0.437 bits per heavy atom. The van der Waals surface area contributed by atoms with E-state index in [4.69, 9.17) is 32.7 Å². The second-order valence-electron chi connectivity index (χ2n) is 31.7. The van der Waals surface area contributed by atoms with E-state index in [-0.39, 0.29) is 86.8 Å². The second-order valence-corrected chi connectivity index (χ2v) is 34.4. The standard InChI is InChI=1S/C43H42N2O6S.C42H40N2O7S.C6H15N.C4H8O.3FH/c1-26-31-21-14-22-34(49-24-28-15-8-5-9-16-28)35(31)27(2)43(52-30-19-12-7-13-20-30)32(26)23-33-37(45(3)4)38-36(39(46)42(33,48)41(43)47)40(44-51-38)50-25-29-17-10-6-11-18-29;1-25-29-20-13-21-32(49-23-26-14-7-4-8-15-26)33(29)38(46)42(52-28-18-11-6-12-19-28)30(25)22-31-35(44(2)3)36-34(37(45)41(31,48)40(42)47)39(43-51-36)50-24-27-16-9-5-10-17-27;1-4-7(5-2)6-3;1-2-4-5-3-1;;;/h5-22,26-27,32-33,37,48H,23-25H2,1-4H3;4-21,25,30-31,35,38,46,48H,22-24H2,1-3H3;4-6H2,1-3H3;1-4H2;3*1H/t26-,27+,32-,33-,37-,42+,43-;25-,30-,31-,35-,38+,41+,42+;;;;;/m00...../s1. The lowest BCUT2D eigenvalue weighted by Gasteiger charge is -2.60. The molecule has 1 aliphatic heterocycles. The lowest BCUT2D eigenvalue weighted by Crippen LogP contribution is -2.72. The molecule has 0 amide bonds. The normalized spacial score (nSPS) is 25.8. The Morgan fingerprint density at radius 3 is 1.13 bits per heavy atom. The van der Waals surface area contributed by atoms with Crippen molar-refractivity contribution in [1.29, 1.82) is 0 Å². The second kappa shape index (κ2) is 38.8. The van der Waals surface area contributed by atoms with Gasteiger partial charge in [0.2, 0.25) is 11.6 Å². The first-order valence-corrected chi connectivity index (χ1v) is 42.1. The molecule has 1 saturated heterocycles. The first kappa shape index (κ1) is 90.0. The van der Waals surface area contributed by atoms with Crippen molar-refractivity contribution < 1.29 is 81.3 Å². The number of carbonyl (C=O) groups excluding carboxylic acids is 4. The van der Waals surface area contributed by atoms with Crippen LogP contribution in [0.15, 0.2) is 237 Å². The molecule has 10 aromatic rings. The molecule has 630 valence electrons. The quantitative estimate of drug-likeness (QED) is 0.0567. The molecule has 7 aliphatic rings. The Morgan fingerprint density at radius 2 is 0.773 bits per heavy atom. The highest BCUT2D eigenvalue weighted by molar-refractivity contribution is 8.01. The predicted octanol–water partition coefficient (Wildman–Crippen LogP) is 17.6. The number of aliphatic hydroxyl groups is 3. The maximum atomic E-state index is 15.9. The van der Waals surface area contributed by atoms with Gasteiger partial charge < -0.3 is 52.9 Å². The SMILES string of the molecule is C1CCOC1.CCN(CC)CC.C[C@@H]1c2c(OCc3ccccc3)cccc2[C@H](C)[C@@H]2C[C@H]3[C@H](N(C)C)c4onc(OCc5ccccc5)c4C(=O)[C@@]3(O)C(=O)[C@]12Sc1ccccc1.C[C@H]1c2cccc(OCc3ccccc3)c2[C@@H](O)[C@@]2(Sc3ccccc3)C(=O)[C@]3(O)C(=O)c4c(OCc5ccccc5)noc4[C@@H](N(C)C)[C@@H]3C[C@@H]12.F.F.F. The van der Waals surface area contributed by atoms with E-state index in [0.717, 1.165) is 61.9 Å². The Kier molecular flexibility index (Phi) is 29.3. The maximum Gasteiger partial charge on any atom is 0.265 e. The van der Waals surface area contributed by atoms with Crippen molar-refractivity contribution in [2.75, 3.05) is 61.0 Å². The monoisotopic (exact) mass is 1660 g/mol. The van der Waals surface area contributed by atoms with Crippen LogP contribution >= 0.6 is 23.5 Å². The number of Topliss-reactive ketones (excluding diaryl/α,β-unsaturated/α-hetero) is 4. The van der Waals surface area contributed by atoms with Crippen molar-refractivity contribution in [3.05, 3.63) is 286 Å². The lowest BCUT2D eigenvalue weighted by molar-refractivity contribution is -0.160. The molecular formula is C95H108F3N5O14S2. The molecule has 0 spiro atoms. The molecule has 8 aromatic carbocycles. The Balaban J connectivity index is 0.000000200. The van der Waals surface area contributed by atoms with Gasteiger partial charge in [-0.05, 0) is 177 Å². The summed E-state index contributed by atoms with van der Waals surface area (Å²) in [7, 11) is 7.41. The number of carbonyl (C=O) groups is 4. The van der Waals surface area contributed by atoms with Crippen LogP contribution in [-0.2, 0) is 40.8 Å². The summed E-state index contributed by atoms with van der Waals surface area (Å²) >= 11 is 2.67. The van der Waals surface area contributed by atoms with Crippen molar-refractivity contribution >= 4 is 46.7 Å². The summed E-state index contributed by atoms with van der Waals surface area (Å²) < 4.78 is 38.9. The topological polar surface area (TPSA) is 237 Å². The van der Waals surface area contributed by atoms with Crippen LogP contribution in [0.3, 0.4) is 0 Å². The smallest absolute Gasteiger partial charge is 0.265 e. The first-order valence-electron chi connectivity index (χ1n) is 40.5. The number of rotatable bonds is 21. The fraction of sp³-hybridized carbons (Fsp3) is 0.389. The van der Waals surface area contributed by atoms with Gasteiger partial charge >= 0.3 is 0 Å². The van der Waals surface area contributed by atoms with E-state index < -0.39 is 85.7 Å². The summed E-state index contributed by atoms with van der Waals surface area (Å²) in [6.07, 6.45) is 1.77. The molecule has 0 radical (unpaired) electrons. The Hall–Kier alpha value is -9.73. The van der Waals surface area contributed by atoms with E-state index in [2.05, 4.69) is 62.8 Å². The number of nitrogens with zero attached hydrogens (tertiary/aromatic N) is 5. The third-order valence-corrected chi connectivity index (χ3v) is 28.1. The van der Waals surface area contributed by atoms with E-state index in [1.54, 1.807) is 6.07 Å². The van der Waals surface area contributed by atoms with Gasteiger partial charge in [-0.15, -0.1) is 23.5 Å². The summed E-state index contributed by atoms with van der Waals surface area (Å²) in [5, 5.41) is 47.2. The molecular weight excluding hydrogens is 1560 g/mol. The summed E-state index contributed by atoms with van der Waals surface area (Å²) in [4.78, 5) is 69.2. The summed E-state index contributed by atoms with van der Waals surface area (Å²) in [6.45, 7) is 19.3. The zero-order chi connectivity index (χ0) is 81.6. The van der Waals surface area contributed by atoms with Crippen LogP contribution in [0.1, 0.15) is 180 Å². The number of aliphatic hydroxyl groups excluding tert-OH is 1. The lowest BCUT2D eigenvalue weighted by atomic mass is 9.50. The molecule has 17 rings (SSSR count). The average molecular weight is 1670 g/mol. The zero-order valence-corrected chi connectivity index (χ0v) is 70.5. The van der Waals surface area contributed by atoms with Crippen LogP contribution in [0.4, 0.5) is 14.1 Å². The fourth-order valence-electron chi connectivity index (χ4n) is 18.9. The van der Waals surface area contributed by atoms with Crippen LogP contribution in [0, 0.1) is 23.7 Å². The number of fused-ring (bicyclic) bond motifs is 8. The van der Waals surface area contributed by atoms with Gasteiger partial charge in [-0.2, -0.15) is 0 Å². The third-order valence-electron chi connectivity index (χ3n) is 24.8. The molecule has 0 unspecified atom stereocenters. The van der Waals surface area contributed by atoms with Gasteiger partial charge in [0, 0.05) is 51.9 Å². The molecule has 6 aliphatic carbocycles. The van der Waals surface area contributed by atoms with Crippen molar-refractivity contribution in [3.63, 3.8) is 0 Å². The van der Waals surface area contributed by atoms with Crippen LogP contribution in [0.5, 0.6) is 23.3 Å². The van der Waals surface area contributed by atoms with Gasteiger partial charge in [0.05, 0.1) is 16.8 Å². The number of hydrogen-bond donors (Lipinski definition) is 3. The number of benzene rings is 8. The number of thioether (sulfide) groups is 2. The van der Waals surface area contributed by atoms with Crippen LogP contribution in [0.25, 0.3) is 0 Å². The van der Waals surface area contributed by atoms with E-state index >= 15 is 9.59 Å². The van der Waals surface area contributed by atoms with Crippen molar-refractivity contribution in [3.8, 4) is 23.3 Å². The minimum absolute atomic E-state index is 0. The van der Waals surface area contributed by atoms with Gasteiger partial charge in [0.15, 0.2) is 34.3 Å². The average Bonchev–Trinajstić information content (AvgIpc) is 0.940. The van der Waals surface area contributed by atoms with Crippen LogP contribution < -0.4 is 18.9 Å². The minimum atomic E-state index is -2.53. The fourth-order valence-corrected chi connectivity index (χ4v) is 22.2. The largest absolute Gasteiger partial charge is 0.489 e. The molecule has 24 heteroatoms. The highest BCUT2D eigenvalue weighted by Gasteiger charge is 2.76. The Bertz CT molecular complexity index is 4740. The summed E-state index contributed by atoms with van der Waals surface area (Å²) in [5.74, 6) is -4.35. The minimum Gasteiger partial charge on any atom is -0.489 e. The van der Waals surface area contributed by atoms with E-state index in [1.807, 2.05) is 244 Å². The van der Waals surface area contributed by atoms with Gasteiger partial charge in [-0.3, -0.25) is 43.1 Å². The van der Waals surface area contributed by atoms with Gasteiger partial charge in [0.25, 0.3) is 11.8 Å². The Labute approximate surface area is 702 Å². The zero-order valence-electron chi connectivity index (χ0n) is 68.9. The van der Waals surface area contributed by atoms with Crippen molar-refractivity contribution in [2.45, 2.75) is 160 Å². The van der Waals surface area contributed by atoms with Gasteiger partial charge in [-0.25, -0.2) is 0 Å². The van der Waals surface area contributed by atoms with Crippen LogP contribution in [0.2, 0.25) is 0 Å². The third kappa shape index (κ3) is 16.9. The van der Waals surface area contributed by atoms with Gasteiger partial charge in [-0.1, -0.05) is 224 Å².